The lowest BCUT2D eigenvalue weighted by atomic mass is 9.88. The minimum Gasteiger partial charge on any atom is -0.462 e. The normalized spacial score (nSPS) is 25.7. The van der Waals surface area contributed by atoms with Crippen LogP contribution in [-0.2, 0) is 9.53 Å². The summed E-state index contributed by atoms with van der Waals surface area (Å²) < 4.78 is 5.45. The summed E-state index contributed by atoms with van der Waals surface area (Å²) in [6.45, 7) is 4.09. The van der Waals surface area contributed by atoms with Gasteiger partial charge >= 0.3 is 5.97 Å². The van der Waals surface area contributed by atoms with Gasteiger partial charge in [0.05, 0.1) is 0 Å². The van der Waals surface area contributed by atoms with Gasteiger partial charge in [-0.15, -0.1) is 0 Å². The number of rotatable bonds is 5. The van der Waals surface area contributed by atoms with E-state index in [-0.39, 0.29) is 12.1 Å². The van der Waals surface area contributed by atoms with Crippen molar-refractivity contribution in [1.82, 2.24) is 0 Å². The topological polar surface area (TPSA) is 75.1 Å². The highest BCUT2D eigenvalue weighted by molar-refractivity contribution is 5.66. The fourth-order valence-electron chi connectivity index (χ4n) is 2.76. The van der Waals surface area contributed by atoms with Crippen LogP contribution in [0, 0.1) is 11.8 Å². The molecule has 0 spiro atoms. The highest BCUT2D eigenvalue weighted by atomic mass is 16.5. The van der Waals surface area contributed by atoms with Gasteiger partial charge in [0, 0.05) is 18.4 Å². The molecule has 18 heavy (non-hydrogen) atoms. The zero-order valence-electron chi connectivity index (χ0n) is 11.3. The van der Waals surface area contributed by atoms with Crippen LogP contribution in [0.2, 0.25) is 0 Å². The van der Waals surface area contributed by atoms with Crippen LogP contribution in [0.3, 0.4) is 0 Å². The van der Waals surface area contributed by atoms with Crippen molar-refractivity contribution >= 4 is 5.97 Å². The van der Waals surface area contributed by atoms with Crippen LogP contribution >= 0.6 is 0 Å². The second-order valence-corrected chi connectivity index (χ2v) is 5.30. The van der Waals surface area contributed by atoms with Crippen LogP contribution in [0.5, 0.6) is 0 Å². The number of hydrogen-bond donors (Lipinski definition) is 0. The highest BCUT2D eigenvalue weighted by Gasteiger charge is 2.27. The Morgan fingerprint density at radius 2 is 2.17 bits per heavy atom. The van der Waals surface area contributed by atoms with E-state index in [9.17, 15) is 4.79 Å². The smallest absolute Gasteiger partial charge is 0.302 e. The molecule has 0 radical (unpaired) electrons. The highest BCUT2D eigenvalue weighted by Crippen LogP contribution is 2.30. The first-order chi connectivity index (χ1) is 8.63. The Balaban J connectivity index is 2.55. The van der Waals surface area contributed by atoms with E-state index in [4.69, 9.17) is 10.3 Å². The van der Waals surface area contributed by atoms with Gasteiger partial charge in [0.2, 0.25) is 0 Å². The van der Waals surface area contributed by atoms with Crippen LogP contribution in [0.15, 0.2) is 5.11 Å². The third-order valence-corrected chi connectivity index (χ3v) is 3.57. The quantitative estimate of drug-likeness (QED) is 0.245. The molecule has 0 unspecified atom stereocenters. The molecule has 1 saturated carbocycles. The van der Waals surface area contributed by atoms with E-state index in [0.717, 1.165) is 25.7 Å². The number of hydrogen-bond acceptors (Lipinski definition) is 3. The first-order valence-corrected chi connectivity index (χ1v) is 6.81. The van der Waals surface area contributed by atoms with E-state index in [1.54, 1.807) is 0 Å². The van der Waals surface area contributed by atoms with Crippen LogP contribution < -0.4 is 0 Å². The fourth-order valence-corrected chi connectivity index (χ4v) is 2.76. The van der Waals surface area contributed by atoms with Crippen molar-refractivity contribution < 1.29 is 9.53 Å². The van der Waals surface area contributed by atoms with E-state index in [1.165, 1.54) is 19.8 Å². The zero-order valence-corrected chi connectivity index (χ0v) is 11.3. The van der Waals surface area contributed by atoms with E-state index in [2.05, 4.69) is 16.9 Å². The molecule has 0 amide bonds. The maximum atomic E-state index is 11.1. The molecule has 0 saturated heterocycles. The van der Waals surface area contributed by atoms with Crippen molar-refractivity contribution in [3.63, 3.8) is 0 Å². The third-order valence-electron chi connectivity index (χ3n) is 3.57. The minimum absolute atomic E-state index is 0.0542. The molecule has 0 aromatic carbocycles. The average Bonchev–Trinajstić information content (AvgIpc) is 2.52. The summed E-state index contributed by atoms with van der Waals surface area (Å²) in [5, 5.41) is 3.62. The van der Waals surface area contributed by atoms with Crippen LogP contribution in [0.25, 0.3) is 10.4 Å². The minimum atomic E-state index is -0.186. The first-order valence-electron chi connectivity index (χ1n) is 6.81. The van der Waals surface area contributed by atoms with Gasteiger partial charge in [0.25, 0.3) is 0 Å². The lowest BCUT2D eigenvalue weighted by Gasteiger charge is -2.26. The number of nitrogens with zero attached hydrogens (tertiary/aromatic N) is 3. The molecule has 0 aromatic rings. The summed E-state index contributed by atoms with van der Waals surface area (Å²) in [5.74, 6) is 0.581. The summed E-state index contributed by atoms with van der Waals surface area (Å²) >= 11 is 0. The number of esters is 1. The van der Waals surface area contributed by atoms with E-state index >= 15 is 0 Å². The predicted molar refractivity (Wildman–Crippen MR) is 69.9 cm³/mol. The molecule has 1 aliphatic carbocycles. The monoisotopic (exact) mass is 253 g/mol. The second-order valence-electron chi connectivity index (χ2n) is 5.30. The van der Waals surface area contributed by atoms with Gasteiger partial charge in [-0.1, -0.05) is 24.9 Å². The van der Waals surface area contributed by atoms with Crippen molar-refractivity contribution in [1.29, 1.82) is 0 Å². The molecular formula is C13H23N3O2. The number of carbonyl (C=O) groups is 1. The largest absolute Gasteiger partial charge is 0.462 e. The maximum absolute atomic E-state index is 11.1. The molecular weight excluding hydrogens is 230 g/mol. The summed E-state index contributed by atoms with van der Waals surface area (Å²) in [5.41, 5.74) is 8.33. The Hall–Kier alpha value is -1.22. The summed E-state index contributed by atoms with van der Waals surface area (Å²) in [4.78, 5) is 13.9. The molecule has 3 atom stereocenters. The Bertz CT molecular complexity index is 313. The van der Waals surface area contributed by atoms with Gasteiger partial charge in [-0.2, -0.15) is 0 Å². The van der Waals surface area contributed by atoms with Crippen LogP contribution in [-0.4, -0.2) is 18.6 Å². The lowest BCUT2D eigenvalue weighted by Crippen LogP contribution is -2.27. The molecule has 0 heterocycles. The Labute approximate surface area is 109 Å². The lowest BCUT2D eigenvalue weighted by molar-refractivity contribution is -0.149. The van der Waals surface area contributed by atoms with Gasteiger partial charge < -0.3 is 4.74 Å². The number of ether oxygens (including phenoxy) is 1. The van der Waals surface area contributed by atoms with Crippen molar-refractivity contribution in [3.8, 4) is 0 Å². The van der Waals surface area contributed by atoms with Crippen LogP contribution in [0.1, 0.15) is 52.4 Å². The zero-order chi connectivity index (χ0) is 13.4. The molecule has 1 fully saturated rings. The number of azide groups is 1. The first kappa shape index (κ1) is 14.8. The molecule has 0 bridgehead atoms. The van der Waals surface area contributed by atoms with Crippen molar-refractivity contribution in [2.75, 3.05) is 6.54 Å². The van der Waals surface area contributed by atoms with Crippen molar-refractivity contribution in [2.24, 2.45) is 17.0 Å². The molecule has 1 aliphatic rings. The van der Waals surface area contributed by atoms with E-state index in [0.29, 0.717) is 18.4 Å². The van der Waals surface area contributed by atoms with Crippen LogP contribution in [0.4, 0.5) is 0 Å². The Kier molecular flexibility index (Phi) is 6.58. The van der Waals surface area contributed by atoms with Gasteiger partial charge in [-0.3, -0.25) is 4.79 Å². The summed E-state index contributed by atoms with van der Waals surface area (Å²) in [6, 6.07) is 0. The summed E-state index contributed by atoms with van der Waals surface area (Å²) in [6.07, 6.45) is 6.67. The Morgan fingerprint density at radius 1 is 1.44 bits per heavy atom. The molecule has 5 nitrogen and oxygen atoms in total. The second kappa shape index (κ2) is 7.98. The van der Waals surface area contributed by atoms with Crippen molar-refractivity contribution in [3.05, 3.63) is 10.4 Å². The molecule has 0 N–H and O–H groups in total. The van der Waals surface area contributed by atoms with E-state index in [1.807, 2.05) is 0 Å². The maximum Gasteiger partial charge on any atom is 0.302 e. The Morgan fingerprint density at radius 3 is 2.83 bits per heavy atom. The molecule has 1 rings (SSSR count). The van der Waals surface area contributed by atoms with Gasteiger partial charge in [0.15, 0.2) is 0 Å². The summed E-state index contributed by atoms with van der Waals surface area (Å²) in [7, 11) is 0. The van der Waals surface area contributed by atoms with Gasteiger partial charge in [-0.25, -0.2) is 0 Å². The average molecular weight is 253 g/mol. The standard InChI is InChI=1S/C13H23N3O2/c1-10(9-15-16-14)8-12-6-4-3-5-7-13(12)18-11(2)17/h10,12-13H,3-9H2,1-2H3/t10-,12-,13-/m0/s1. The van der Waals surface area contributed by atoms with Gasteiger partial charge in [-0.05, 0) is 43.1 Å². The number of carbonyl (C=O) groups excluding carboxylic acids is 1. The molecule has 5 heteroatoms. The third kappa shape index (κ3) is 5.41. The van der Waals surface area contributed by atoms with Crippen molar-refractivity contribution in [2.45, 2.75) is 58.5 Å². The fraction of sp³-hybridized carbons (Fsp3) is 0.923. The molecule has 0 aromatic heterocycles. The predicted octanol–water partition coefficient (Wildman–Crippen LogP) is 3.83. The molecule has 0 aliphatic heterocycles. The van der Waals surface area contributed by atoms with Gasteiger partial charge in [0.1, 0.15) is 6.10 Å². The van der Waals surface area contributed by atoms with E-state index < -0.39 is 0 Å². The SMILES string of the molecule is CC(=O)O[C@H]1CCCCC[C@H]1C[C@H](C)CN=[N+]=[N-]. The molecule has 102 valence electrons.